The third-order valence-corrected chi connectivity index (χ3v) is 2.76. The van der Waals surface area contributed by atoms with Gasteiger partial charge >= 0.3 is 5.97 Å². The van der Waals surface area contributed by atoms with Gasteiger partial charge in [-0.25, -0.2) is 0 Å². The van der Waals surface area contributed by atoms with Crippen LogP contribution in [0.5, 0.6) is 0 Å². The zero-order valence-electron chi connectivity index (χ0n) is 11.8. The van der Waals surface area contributed by atoms with Gasteiger partial charge in [-0.2, -0.15) is 0 Å². The van der Waals surface area contributed by atoms with E-state index in [-0.39, 0.29) is 18.3 Å². The molecule has 0 aliphatic heterocycles. The molecule has 19 heavy (non-hydrogen) atoms. The summed E-state index contributed by atoms with van der Waals surface area (Å²) in [5.41, 5.74) is 1.61. The molecule has 0 amide bonds. The predicted molar refractivity (Wildman–Crippen MR) is 75.6 cm³/mol. The van der Waals surface area contributed by atoms with Crippen LogP contribution in [0.4, 0.5) is 5.69 Å². The van der Waals surface area contributed by atoms with Crippen molar-refractivity contribution in [2.75, 3.05) is 24.6 Å². The van der Waals surface area contributed by atoms with E-state index in [1.807, 2.05) is 17.0 Å². The van der Waals surface area contributed by atoms with Crippen molar-refractivity contribution in [3.8, 4) is 0 Å². The molecule has 0 heterocycles. The van der Waals surface area contributed by atoms with E-state index < -0.39 is 0 Å². The predicted octanol–water partition coefficient (Wildman–Crippen LogP) is 2.67. The Labute approximate surface area is 114 Å². The number of rotatable bonds is 7. The second kappa shape index (κ2) is 7.56. The Morgan fingerprint density at radius 1 is 1.16 bits per heavy atom. The van der Waals surface area contributed by atoms with Crippen LogP contribution in [-0.4, -0.2) is 31.4 Å². The number of hydrogen-bond donors (Lipinski definition) is 0. The average molecular weight is 263 g/mol. The lowest BCUT2D eigenvalue weighted by atomic mass is 10.1. The smallest absolute Gasteiger partial charge is 0.325 e. The third-order valence-electron chi connectivity index (χ3n) is 2.76. The molecule has 104 valence electrons. The molecule has 0 saturated heterocycles. The minimum Gasteiger partial charge on any atom is -0.465 e. The summed E-state index contributed by atoms with van der Waals surface area (Å²) in [5, 5.41) is 0. The number of carbonyl (C=O) groups excluding carboxylic acids is 2. The second-order valence-electron chi connectivity index (χ2n) is 4.33. The number of carbonyl (C=O) groups is 2. The first kappa shape index (κ1) is 15.2. The van der Waals surface area contributed by atoms with E-state index in [2.05, 4.69) is 6.92 Å². The van der Waals surface area contributed by atoms with E-state index in [1.165, 1.54) is 6.92 Å². The summed E-state index contributed by atoms with van der Waals surface area (Å²) in [4.78, 5) is 24.7. The zero-order valence-corrected chi connectivity index (χ0v) is 11.8. The second-order valence-corrected chi connectivity index (χ2v) is 4.33. The Bertz CT molecular complexity index is 426. The molecule has 1 rings (SSSR count). The largest absolute Gasteiger partial charge is 0.465 e. The fourth-order valence-corrected chi connectivity index (χ4v) is 1.84. The summed E-state index contributed by atoms with van der Waals surface area (Å²) in [6.45, 7) is 6.80. The van der Waals surface area contributed by atoms with E-state index in [0.717, 1.165) is 18.7 Å². The molecule has 0 bridgehead atoms. The Morgan fingerprint density at radius 3 is 2.26 bits per heavy atom. The molecule has 1 aromatic carbocycles. The molecule has 0 atom stereocenters. The van der Waals surface area contributed by atoms with Gasteiger partial charge in [0.2, 0.25) is 0 Å². The zero-order chi connectivity index (χ0) is 14.3. The maximum atomic E-state index is 11.6. The first-order chi connectivity index (χ1) is 9.08. The Morgan fingerprint density at radius 2 is 1.79 bits per heavy atom. The van der Waals surface area contributed by atoms with Crippen LogP contribution in [0.15, 0.2) is 24.3 Å². The van der Waals surface area contributed by atoms with Gasteiger partial charge in [0.25, 0.3) is 0 Å². The average Bonchev–Trinajstić information content (AvgIpc) is 2.38. The Balaban J connectivity index is 2.80. The van der Waals surface area contributed by atoms with Crippen LogP contribution in [-0.2, 0) is 9.53 Å². The molecule has 0 aliphatic rings. The molecular weight excluding hydrogens is 242 g/mol. The van der Waals surface area contributed by atoms with Crippen LogP contribution in [0.1, 0.15) is 37.6 Å². The van der Waals surface area contributed by atoms with Gasteiger partial charge in [0.05, 0.1) is 6.61 Å². The molecule has 0 unspecified atom stereocenters. The molecule has 1 aromatic rings. The van der Waals surface area contributed by atoms with Crippen molar-refractivity contribution in [2.45, 2.75) is 27.2 Å². The standard InChI is InChI=1S/C15H21NO3/c1-4-10-16(11-15(18)19-5-2)14-8-6-13(7-9-14)12(3)17/h6-9H,4-5,10-11H2,1-3H3. The van der Waals surface area contributed by atoms with Crippen LogP contribution in [0.3, 0.4) is 0 Å². The summed E-state index contributed by atoms with van der Waals surface area (Å²) < 4.78 is 4.97. The SMILES string of the molecule is CCCN(CC(=O)OCC)c1ccc(C(C)=O)cc1. The highest BCUT2D eigenvalue weighted by Crippen LogP contribution is 2.16. The molecular formula is C15H21NO3. The van der Waals surface area contributed by atoms with Crippen LogP contribution >= 0.6 is 0 Å². The number of hydrogen-bond acceptors (Lipinski definition) is 4. The highest BCUT2D eigenvalue weighted by Gasteiger charge is 2.12. The maximum absolute atomic E-state index is 11.6. The fraction of sp³-hybridized carbons (Fsp3) is 0.467. The molecule has 4 heteroatoms. The van der Waals surface area contributed by atoms with Crippen molar-refractivity contribution in [2.24, 2.45) is 0 Å². The molecule has 4 nitrogen and oxygen atoms in total. The van der Waals surface area contributed by atoms with Crippen molar-refractivity contribution < 1.29 is 14.3 Å². The molecule has 0 saturated carbocycles. The van der Waals surface area contributed by atoms with Crippen LogP contribution in [0.25, 0.3) is 0 Å². The van der Waals surface area contributed by atoms with E-state index in [4.69, 9.17) is 4.74 Å². The Kier molecular flexibility index (Phi) is 6.06. The molecule has 0 aliphatic carbocycles. The summed E-state index contributed by atoms with van der Waals surface area (Å²) in [6, 6.07) is 7.30. The van der Waals surface area contributed by atoms with E-state index >= 15 is 0 Å². The number of ketones is 1. The van der Waals surface area contributed by atoms with Gasteiger partial charge in [-0.3, -0.25) is 9.59 Å². The van der Waals surface area contributed by atoms with Gasteiger partial charge in [-0.1, -0.05) is 6.92 Å². The van der Waals surface area contributed by atoms with Gasteiger partial charge in [-0.05, 0) is 44.5 Å². The van der Waals surface area contributed by atoms with Crippen molar-refractivity contribution in [1.29, 1.82) is 0 Å². The lowest BCUT2D eigenvalue weighted by Gasteiger charge is -2.23. The lowest BCUT2D eigenvalue weighted by Crippen LogP contribution is -2.31. The molecule has 0 spiro atoms. The summed E-state index contributed by atoms with van der Waals surface area (Å²) >= 11 is 0. The minimum absolute atomic E-state index is 0.0407. The number of nitrogens with zero attached hydrogens (tertiary/aromatic N) is 1. The molecule has 0 radical (unpaired) electrons. The first-order valence-corrected chi connectivity index (χ1v) is 6.60. The fourth-order valence-electron chi connectivity index (χ4n) is 1.84. The summed E-state index contributed by atoms with van der Waals surface area (Å²) in [7, 11) is 0. The van der Waals surface area contributed by atoms with Crippen LogP contribution in [0, 0.1) is 0 Å². The van der Waals surface area contributed by atoms with E-state index in [0.29, 0.717) is 12.2 Å². The highest BCUT2D eigenvalue weighted by atomic mass is 16.5. The quantitative estimate of drug-likeness (QED) is 0.560. The van der Waals surface area contributed by atoms with Crippen molar-refractivity contribution in [3.63, 3.8) is 0 Å². The number of Topliss-reactive ketones (excluding diaryl/α,β-unsaturated/α-hetero) is 1. The number of benzene rings is 1. The minimum atomic E-state index is -0.230. The normalized spacial score (nSPS) is 10.1. The van der Waals surface area contributed by atoms with E-state index in [1.54, 1.807) is 19.1 Å². The number of ether oxygens (including phenoxy) is 1. The van der Waals surface area contributed by atoms with Gasteiger partial charge in [-0.15, -0.1) is 0 Å². The van der Waals surface area contributed by atoms with Gasteiger partial charge < -0.3 is 9.64 Å². The van der Waals surface area contributed by atoms with Crippen molar-refractivity contribution in [1.82, 2.24) is 0 Å². The van der Waals surface area contributed by atoms with Crippen molar-refractivity contribution >= 4 is 17.4 Å². The number of anilines is 1. The van der Waals surface area contributed by atoms with Gasteiger partial charge in [0, 0.05) is 17.8 Å². The molecule has 0 fully saturated rings. The third kappa shape index (κ3) is 4.73. The van der Waals surface area contributed by atoms with Gasteiger partial charge in [0.15, 0.2) is 5.78 Å². The van der Waals surface area contributed by atoms with Crippen LogP contribution in [0.2, 0.25) is 0 Å². The monoisotopic (exact) mass is 263 g/mol. The maximum Gasteiger partial charge on any atom is 0.325 e. The van der Waals surface area contributed by atoms with Crippen molar-refractivity contribution in [3.05, 3.63) is 29.8 Å². The summed E-state index contributed by atoms with van der Waals surface area (Å²) in [5.74, 6) is -0.189. The highest BCUT2D eigenvalue weighted by molar-refractivity contribution is 5.94. The summed E-state index contributed by atoms with van der Waals surface area (Å²) in [6.07, 6.45) is 0.938. The lowest BCUT2D eigenvalue weighted by molar-refractivity contribution is -0.141. The first-order valence-electron chi connectivity index (χ1n) is 6.60. The Hall–Kier alpha value is -1.84. The topological polar surface area (TPSA) is 46.6 Å². The van der Waals surface area contributed by atoms with E-state index in [9.17, 15) is 9.59 Å². The number of esters is 1. The molecule has 0 N–H and O–H groups in total. The van der Waals surface area contributed by atoms with Gasteiger partial charge in [0.1, 0.15) is 6.54 Å². The molecule has 0 aromatic heterocycles. The van der Waals surface area contributed by atoms with Crippen LogP contribution < -0.4 is 4.90 Å².